The first-order valence-electron chi connectivity index (χ1n) is 9.77. The first-order chi connectivity index (χ1) is 14.3. The number of hydrogen-bond acceptors (Lipinski definition) is 6. The van der Waals surface area contributed by atoms with Crippen molar-refractivity contribution in [2.75, 3.05) is 39.3 Å². The summed E-state index contributed by atoms with van der Waals surface area (Å²) in [5.41, 5.74) is 1.46. The Labute approximate surface area is 175 Å². The number of para-hydroxylation sites is 2. The number of aromatic hydroxyl groups is 2. The minimum Gasteiger partial charge on any atom is -0.508 e. The van der Waals surface area contributed by atoms with Crippen molar-refractivity contribution in [2.45, 2.75) is 12.8 Å². The Morgan fingerprint density at radius 3 is 1.33 bits per heavy atom. The molecule has 30 heavy (non-hydrogen) atoms. The fraction of sp³-hybridized carbons (Fsp3) is 0.364. The topological polar surface area (TPSA) is 122 Å². The van der Waals surface area contributed by atoms with Crippen LogP contribution in [0.25, 0.3) is 0 Å². The van der Waals surface area contributed by atoms with Crippen molar-refractivity contribution in [3.8, 4) is 11.5 Å². The average molecular weight is 416 g/mol. The van der Waals surface area contributed by atoms with Gasteiger partial charge in [0.05, 0.1) is 13.1 Å². The van der Waals surface area contributed by atoms with E-state index >= 15 is 0 Å². The molecule has 0 aliphatic carbocycles. The quantitative estimate of drug-likeness (QED) is 0.389. The summed E-state index contributed by atoms with van der Waals surface area (Å²) in [6.07, 6.45) is 0.966. The zero-order valence-corrected chi connectivity index (χ0v) is 16.8. The minimum absolute atomic E-state index is 0.169. The maximum Gasteiger partial charge on any atom is 0.317 e. The molecule has 0 fully saturated rings. The number of phenols is 2. The third-order valence-electron chi connectivity index (χ3n) is 4.83. The Hall–Kier alpha value is -3.10. The molecule has 0 bridgehead atoms. The molecule has 2 aromatic carbocycles. The first kappa shape index (κ1) is 23.2. The number of rotatable bonds is 13. The van der Waals surface area contributed by atoms with Crippen molar-refractivity contribution in [2.24, 2.45) is 0 Å². The molecule has 0 aromatic heterocycles. The predicted octanol–water partition coefficient (Wildman–Crippen LogP) is 1.66. The van der Waals surface area contributed by atoms with Crippen molar-refractivity contribution in [1.29, 1.82) is 0 Å². The van der Waals surface area contributed by atoms with E-state index in [1.165, 1.54) is 0 Å². The van der Waals surface area contributed by atoms with Gasteiger partial charge in [-0.2, -0.15) is 0 Å². The molecule has 0 amide bonds. The molecular weight excluding hydrogens is 388 g/mol. The zero-order valence-electron chi connectivity index (χ0n) is 16.8. The van der Waals surface area contributed by atoms with Gasteiger partial charge in [0.1, 0.15) is 11.5 Å². The fourth-order valence-electron chi connectivity index (χ4n) is 3.21. The molecule has 0 saturated heterocycles. The molecule has 0 radical (unpaired) electrons. The van der Waals surface area contributed by atoms with Crippen molar-refractivity contribution in [3.05, 3.63) is 59.7 Å². The van der Waals surface area contributed by atoms with Crippen molar-refractivity contribution in [1.82, 2.24) is 9.80 Å². The molecular formula is C22H28N2O6. The van der Waals surface area contributed by atoms with E-state index in [4.69, 9.17) is 0 Å². The van der Waals surface area contributed by atoms with Gasteiger partial charge in [0, 0.05) is 26.2 Å². The van der Waals surface area contributed by atoms with Crippen molar-refractivity contribution < 1.29 is 30.0 Å². The van der Waals surface area contributed by atoms with E-state index in [1.54, 1.807) is 46.2 Å². The second kappa shape index (κ2) is 11.8. The van der Waals surface area contributed by atoms with E-state index in [0.717, 1.165) is 11.1 Å². The van der Waals surface area contributed by atoms with Crippen LogP contribution in [0.3, 0.4) is 0 Å². The lowest BCUT2D eigenvalue weighted by Crippen LogP contribution is -2.41. The van der Waals surface area contributed by atoms with Gasteiger partial charge in [-0.25, -0.2) is 0 Å². The lowest BCUT2D eigenvalue weighted by molar-refractivity contribution is -0.140. The summed E-state index contributed by atoms with van der Waals surface area (Å²) < 4.78 is 0. The van der Waals surface area contributed by atoms with Crippen molar-refractivity contribution >= 4 is 11.9 Å². The van der Waals surface area contributed by atoms with Crippen LogP contribution in [-0.2, 0) is 22.4 Å². The van der Waals surface area contributed by atoms with Gasteiger partial charge >= 0.3 is 11.9 Å². The Balaban J connectivity index is 1.95. The molecule has 0 atom stereocenters. The molecule has 0 aliphatic heterocycles. The normalized spacial score (nSPS) is 11.1. The monoisotopic (exact) mass is 416 g/mol. The summed E-state index contributed by atoms with van der Waals surface area (Å²) in [5.74, 6) is -1.59. The number of hydrogen-bond donors (Lipinski definition) is 4. The number of nitrogens with zero attached hydrogens (tertiary/aromatic N) is 2. The molecule has 8 heteroatoms. The van der Waals surface area contributed by atoms with Crippen LogP contribution in [0.15, 0.2) is 48.5 Å². The highest BCUT2D eigenvalue weighted by molar-refractivity contribution is 5.69. The van der Waals surface area contributed by atoms with Gasteiger partial charge in [-0.05, 0) is 36.1 Å². The van der Waals surface area contributed by atoms with Gasteiger partial charge in [0.15, 0.2) is 0 Å². The highest BCUT2D eigenvalue weighted by Crippen LogP contribution is 2.17. The Kier molecular flexibility index (Phi) is 9.11. The largest absolute Gasteiger partial charge is 0.508 e. The Morgan fingerprint density at radius 1 is 0.633 bits per heavy atom. The Morgan fingerprint density at radius 2 is 1.00 bits per heavy atom. The summed E-state index contributed by atoms with van der Waals surface area (Å²) in [4.78, 5) is 25.9. The number of carboxylic acids is 2. The van der Waals surface area contributed by atoms with Gasteiger partial charge in [-0.1, -0.05) is 36.4 Å². The third kappa shape index (κ3) is 8.10. The third-order valence-corrected chi connectivity index (χ3v) is 4.83. The maximum atomic E-state index is 11.2. The van der Waals surface area contributed by atoms with Gasteiger partial charge in [0.2, 0.25) is 0 Å². The minimum atomic E-state index is -0.966. The van der Waals surface area contributed by atoms with Crippen LogP contribution in [0.5, 0.6) is 11.5 Å². The SMILES string of the molecule is O=C(O)CN(CCc1ccccc1O)CCN(CCc1ccccc1O)CC(=O)O. The highest BCUT2D eigenvalue weighted by atomic mass is 16.4. The van der Waals surface area contributed by atoms with Crippen LogP contribution in [0.4, 0.5) is 0 Å². The first-order valence-corrected chi connectivity index (χ1v) is 9.77. The lowest BCUT2D eigenvalue weighted by Gasteiger charge is -2.26. The van der Waals surface area contributed by atoms with E-state index in [0.29, 0.717) is 39.0 Å². The molecule has 0 unspecified atom stereocenters. The van der Waals surface area contributed by atoms with E-state index in [2.05, 4.69) is 0 Å². The van der Waals surface area contributed by atoms with E-state index in [-0.39, 0.29) is 24.6 Å². The molecule has 0 saturated carbocycles. The van der Waals surface area contributed by atoms with Crippen LogP contribution in [0.1, 0.15) is 11.1 Å². The summed E-state index contributed by atoms with van der Waals surface area (Å²) in [6, 6.07) is 13.8. The van der Waals surface area contributed by atoms with Gasteiger partial charge in [-0.3, -0.25) is 19.4 Å². The molecule has 2 rings (SSSR count). The highest BCUT2D eigenvalue weighted by Gasteiger charge is 2.15. The number of aliphatic carboxylic acids is 2. The van der Waals surface area contributed by atoms with Gasteiger partial charge in [-0.15, -0.1) is 0 Å². The van der Waals surface area contributed by atoms with Gasteiger partial charge in [0.25, 0.3) is 0 Å². The molecule has 8 nitrogen and oxygen atoms in total. The number of carbonyl (C=O) groups is 2. The predicted molar refractivity (Wildman–Crippen MR) is 112 cm³/mol. The molecule has 2 aromatic rings. The number of benzene rings is 2. The molecule has 4 N–H and O–H groups in total. The van der Waals surface area contributed by atoms with Gasteiger partial charge < -0.3 is 20.4 Å². The standard InChI is InChI=1S/C22H28N2O6/c25-19-7-3-1-5-17(19)9-11-23(15-21(27)28)13-14-24(16-22(29)30)12-10-18-6-2-4-8-20(18)26/h1-8,25-26H,9-16H2,(H,27,28)(H,29,30). The van der Waals surface area contributed by atoms with E-state index in [9.17, 15) is 30.0 Å². The van der Waals surface area contributed by atoms with Crippen LogP contribution < -0.4 is 0 Å². The summed E-state index contributed by atoms with van der Waals surface area (Å²) in [6.45, 7) is 1.23. The van der Waals surface area contributed by atoms with Crippen molar-refractivity contribution in [3.63, 3.8) is 0 Å². The van der Waals surface area contributed by atoms with Crippen LogP contribution in [-0.4, -0.2) is 81.4 Å². The van der Waals surface area contributed by atoms with E-state index in [1.807, 2.05) is 12.1 Å². The molecule has 0 heterocycles. The fourth-order valence-corrected chi connectivity index (χ4v) is 3.21. The molecule has 162 valence electrons. The summed E-state index contributed by atoms with van der Waals surface area (Å²) in [7, 11) is 0. The van der Waals surface area contributed by atoms with Crippen LogP contribution in [0, 0.1) is 0 Å². The summed E-state index contributed by atoms with van der Waals surface area (Å²) in [5, 5.41) is 38.2. The molecule has 0 spiro atoms. The maximum absolute atomic E-state index is 11.2. The zero-order chi connectivity index (χ0) is 21.9. The lowest BCUT2D eigenvalue weighted by atomic mass is 10.1. The second-order valence-electron chi connectivity index (χ2n) is 7.10. The number of carboxylic acid groups (broad SMARTS) is 2. The van der Waals surface area contributed by atoms with Crippen LogP contribution >= 0.6 is 0 Å². The second-order valence-corrected chi connectivity index (χ2v) is 7.10. The van der Waals surface area contributed by atoms with Crippen LogP contribution in [0.2, 0.25) is 0 Å². The Bertz CT molecular complexity index is 772. The molecule has 0 aliphatic rings. The average Bonchev–Trinajstić information content (AvgIpc) is 2.69. The number of phenolic OH excluding ortho intramolecular Hbond substituents is 2. The summed E-state index contributed by atoms with van der Waals surface area (Å²) >= 11 is 0. The van der Waals surface area contributed by atoms with E-state index < -0.39 is 11.9 Å². The smallest absolute Gasteiger partial charge is 0.317 e.